The number of nitrogens with one attached hydrogen (secondary N) is 3. The van der Waals surface area contributed by atoms with E-state index in [1.807, 2.05) is 42.5 Å². The Kier molecular flexibility index (Phi) is 7.49. The number of hydrogen-bond acceptors (Lipinski definition) is 3. The number of amides is 1. The van der Waals surface area contributed by atoms with Gasteiger partial charge in [0.2, 0.25) is 0 Å². The fourth-order valence-electron chi connectivity index (χ4n) is 3.62. The Morgan fingerprint density at radius 1 is 0.931 bits per heavy atom. The van der Waals surface area contributed by atoms with E-state index in [0.29, 0.717) is 13.2 Å². The van der Waals surface area contributed by atoms with Crippen molar-refractivity contribution >= 4 is 11.6 Å². The van der Waals surface area contributed by atoms with Gasteiger partial charge in [-0.05, 0) is 61.4 Å². The molecule has 156 valence electrons. The van der Waals surface area contributed by atoms with E-state index in [1.165, 1.54) is 20.9 Å². The Balaban J connectivity index is 1.34. The van der Waals surface area contributed by atoms with Crippen LogP contribution in [0.25, 0.3) is 0 Å². The Morgan fingerprint density at radius 3 is 2.24 bits per heavy atom. The van der Waals surface area contributed by atoms with Gasteiger partial charge in [0, 0.05) is 5.69 Å². The van der Waals surface area contributed by atoms with Gasteiger partial charge in [-0.3, -0.25) is 4.79 Å². The van der Waals surface area contributed by atoms with E-state index < -0.39 is 0 Å². The van der Waals surface area contributed by atoms with E-state index in [9.17, 15) is 4.79 Å². The summed E-state index contributed by atoms with van der Waals surface area (Å²) in [6.45, 7) is 10.5. The second-order valence-electron chi connectivity index (χ2n) is 7.80. The molecule has 0 aromatic heterocycles. The summed E-state index contributed by atoms with van der Waals surface area (Å²) < 4.78 is 11.0. The summed E-state index contributed by atoms with van der Waals surface area (Å²) in [6, 6.07) is 13.7. The van der Waals surface area contributed by atoms with Crippen LogP contribution in [0.5, 0.6) is 11.5 Å². The van der Waals surface area contributed by atoms with E-state index in [1.54, 1.807) is 7.11 Å². The number of ether oxygens (including phenoxy) is 2. The van der Waals surface area contributed by atoms with E-state index >= 15 is 0 Å². The van der Waals surface area contributed by atoms with Crippen LogP contribution in [0.3, 0.4) is 0 Å². The SMILES string of the molecule is COc1ccc(OCC[NH+]2CC[NH+](CC(=O)Nc3ccc(C)c(C)c3)CC2)cc1. The van der Waals surface area contributed by atoms with Crippen LogP contribution in [0.4, 0.5) is 5.69 Å². The lowest BCUT2D eigenvalue weighted by Gasteiger charge is -2.29. The molecule has 3 N–H and O–H groups in total. The van der Waals surface area contributed by atoms with Gasteiger partial charge in [-0.15, -0.1) is 0 Å². The summed E-state index contributed by atoms with van der Waals surface area (Å²) in [4.78, 5) is 15.3. The predicted molar refractivity (Wildman–Crippen MR) is 114 cm³/mol. The number of methoxy groups -OCH3 is 1. The topological polar surface area (TPSA) is 56.4 Å². The molecule has 6 heteroatoms. The minimum Gasteiger partial charge on any atom is -0.497 e. The summed E-state index contributed by atoms with van der Waals surface area (Å²) in [5, 5.41) is 3.03. The zero-order valence-corrected chi connectivity index (χ0v) is 17.7. The summed E-state index contributed by atoms with van der Waals surface area (Å²) in [5.74, 6) is 1.80. The molecule has 0 aliphatic carbocycles. The molecule has 3 rings (SSSR count). The third kappa shape index (κ3) is 6.48. The second kappa shape index (κ2) is 10.3. The first-order chi connectivity index (χ1) is 14.0. The number of carbonyl (C=O) groups excluding carboxylic acids is 1. The first-order valence-corrected chi connectivity index (χ1v) is 10.3. The fraction of sp³-hybridized carbons (Fsp3) is 0.435. The summed E-state index contributed by atoms with van der Waals surface area (Å²) in [7, 11) is 1.66. The van der Waals surface area contributed by atoms with Gasteiger partial charge in [0.05, 0.1) is 7.11 Å². The van der Waals surface area contributed by atoms with Crippen LogP contribution in [0.2, 0.25) is 0 Å². The van der Waals surface area contributed by atoms with Gasteiger partial charge in [0.25, 0.3) is 5.91 Å². The van der Waals surface area contributed by atoms with Crippen LogP contribution < -0.4 is 24.6 Å². The lowest BCUT2D eigenvalue weighted by atomic mass is 10.1. The maximum Gasteiger partial charge on any atom is 0.279 e. The minimum absolute atomic E-state index is 0.0922. The molecule has 6 nitrogen and oxygen atoms in total. The van der Waals surface area contributed by atoms with Gasteiger partial charge >= 0.3 is 0 Å². The van der Waals surface area contributed by atoms with Crippen LogP contribution in [-0.2, 0) is 4.79 Å². The predicted octanol–water partition coefficient (Wildman–Crippen LogP) is 0.113. The van der Waals surface area contributed by atoms with Crippen molar-refractivity contribution in [2.45, 2.75) is 13.8 Å². The van der Waals surface area contributed by atoms with Crippen molar-refractivity contribution in [3.05, 3.63) is 53.6 Å². The average molecular weight is 400 g/mol. The third-order valence-electron chi connectivity index (χ3n) is 5.65. The molecule has 2 aromatic rings. The largest absolute Gasteiger partial charge is 0.497 e. The van der Waals surface area contributed by atoms with Crippen LogP contribution in [-0.4, -0.2) is 58.9 Å². The van der Waals surface area contributed by atoms with E-state index in [2.05, 4.69) is 19.2 Å². The molecule has 1 aliphatic rings. The number of quaternary nitrogens is 2. The molecule has 29 heavy (non-hydrogen) atoms. The molecule has 2 aromatic carbocycles. The molecule has 1 heterocycles. The molecular weight excluding hydrogens is 366 g/mol. The maximum absolute atomic E-state index is 12.4. The highest BCUT2D eigenvalue weighted by molar-refractivity contribution is 5.91. The molecule has 1 amide bonds. The van der Waals surface area contributed by atoms with Crippen LogP contribution in [0.15, 0.2) is 42.5 Å². The van der Waals surface area contributed by atoms with Crippen molar-refractivity contribution in [1.29, 1.82) is 0 Å². The van der Waals surface area contributed by atoms with E-state index in [0.717, 1.165) is 49.9 Å². The molecule has 0 atom stereocenters. The standard InChI is InChI=1S/C23H31N3O3/c1-18-4-5-20(16-19(18)2)24-23(27)17-26-12-10-25(11-13-26)14-15-29-22-8-6-21(28-3)7-9-22/h4-9,16H,10-15,17H2,1-3H3,(H,24,27)/p+2. The lowest BCUT2D eigenvalue weighted by Crippen LogP contribution is -3.28. The van der Waals surface area contributed by atoms with Crippen LogP contribution >= 0.6 is 0 Å². The summed E-state index contributed by atoms with van der Waals surface area (Å²) >= 11 is 0. The van der Waals surface area contributed by atoms with Crippen LogP contribution in [0.1, 0.15) is 11.1 Å². The number of piperazine rings is 1. The van der Waals surface area contributed by atoms with Crippen molar-refractivity contribution in [3.63, 3.8) is 0 Å². The minimum atomic E-state index is 0.0922. The first-order valence-electron chi connectivity index (χ1n) is 10.3. The molecular formula is C23H33N3O3+2. The maximum atomic E-state index is 12.4. The molecule has 0 spiro atoms. The second-order valence-corrected chi connectivity index (χ2v) is 7.80. The monoisotopic (exact) mass is 399 g/mol. The van der Waals surface area contributed by atoms with E-state index in [4.69, 9.17) is 9.47 Å². The van der Waals surface area contributed by atoms with Crippen molar-refractivity contribution in [2.24, 2.45) is 0 Å². The molecule has 0 bridgehead atoms. The average Bonchev–Trinajstić information content (AvgIpc) is 2.72. The van der Waals surface area contributed by atoms with Crippen molar-refractivity contribution in [1.82, 2.24) is 0 Å². The zero-order valence-electron chi connectivity index (χ0n) is 17.7. The molecule has 1 aliphatic heterocycles. The number of aryl methyl sites for hydroxylation is 2. The van der Waals surface area contributed by atoms with Gasteiger partial charge < -0.3 is 24.6 Å². The Labute approximate surface area is 173 Å². The quantitative estimate of drug-likeness (QED) is 0.591. The van der Waals surface area contributed by atoms with Gasteiger partial charge in [-0.25, -0.2) is 0 Å². The number of hydrogen-bond donors (Lipinski definition) is 3. The normalized spacial score (nSPS) is 18.9. The van der Waals surface area contributed by atoms with Crippen LogP contribution in [0, 0.1) is 13.8 Å². The number of carbonyl (C=O) groups is 1. The smallest absolute Gasteiger partial charge is 0.279 e. The Morgan fingerprint density at radius 2 is 1.59 bits per heavy atom. The van der Waals surface area contributed by atoms with Crippen molar-refractivity contribution in [3.8, 4) is 11.5 Å². The molecule has 0 unspecified atom stereocenters. The Bertz CT molecular complexity index is 800. The molecule has 0 radical (unpaired) electrons. The molecule has 0 saturated carbocycles. The van der Waals surface area contributed by atoms with Crippen molar-refractivity contribution < 1.29 is 24.1 Å². The van der Waals surface area contributed by atoms with Gasteiger partial charge in [-0.2, -0.15) is 0 Å². The summed E-state index contributed by atoms with van der Waals surface area (Å²) in [5.41, 5.74) is 3.32. The Hall–Kier alpha value is -2.57. The van der Waals surface area contributed by atoms with E-state index in [-0.39, 0.29) is 5.91 Å². The van der Waals surface area contributed by atoms with Gasteiger partial charge in [0.15, 0.2) is 6.54 Å². The lowest BCUT2D eigenvalue weighted by molar-refractivity contribution is -1.01. The number of anilines is 1. The van der Waals surface area contributed by atoms with Gasteiger partial charge in [0.1, 0.15) is 50.8 Å². The van der Waals surface area contributed by atoms with Gasteiger partial charge in [-0.1, -0.05) is 6.07 Å². The highest BCUT2D eigenvalue weighted by atomic mass is 16.5. The third-order valence-corrected chi connectivity index (χ3v) is 5.65. The van der Waals surface area contributed by atoms with Crippen molar-refractivity contribution in [2.75, 3.05) is 58.3 Å². The molecule has 1 saturated heterocycles. The first kappa shape index (κ1) is 21.1. The highest BCUT2D eigenvalue weighted by Crippen LogP contribution is 2.16. The number of benzene rings is 2. The summed E-state index contributed by atoms with van der Waals surface area (Å²) in [6.07, 6.45) is 0. The highest BCUT2D eigenvalue weighted by Gasteiger charge is 2.24. The number of rotatable bonds is 8. The molecule has 1 fully saturated rings. The zero-order chi connectivity index (χ0) is 20.6. The fourth-order valence-corrected chi connectivity index (χ4v) is 3.62.